The number of rotatable bonds is 2. The molecule has 2 fully saturated rings. The molecular formula is C19H25NO3S. The molecule has 2 heterocycles. The number of hydrogen-bond donors (Lipinski definition) is 1. The van der Waals surface area contributed by atoms with Crippen molar-refractivity contribution >= 4 is 22.9 Å². The summed E-state index contributed by atoms with van der Waals surface area (Å²) in [5.74, 6) is 5.71. The lowest BCUT2D eigenvalue weighted by Gasteiger charge is -2.31. The van der Waals surface area contributed by atoms with Crippen LogP contribution in [0.5, 0.6) is 0 Å². The highest BCUT2D eigenvalue weighted by molar-refractivity contribution is 7.11. The third-order valence-corrected chi connectivity index (χ3v) is 5.04. The van der Waals surface area contributed by atoms with Crippen LogP contribution in [0, 0.1) is 17.3 Å². The minimum absolute atomic E-state index is 0.0310. The first-order valence-electron chi connectivity index (χ1n) is 8.60. The predicted octanol–water partition coefficient (Wildman–Crippen LogP) is 4.16. The number of nitrogens with one attached hydrogen (secondary N) is 1. The predicted molar refractivity (Wildman–Crippen MR) is 95.9 cm³/mol. The third kappa shape index (κ3) is 4.38. The fourth-order valence-corrected chi connectivity index (χ4v) is 3.66. The van der Waals surface area contributed by atoms with E-state index < -0.39 is 11.9 Å². The van der Waals surface area contributed by atoms with Gasteiger partial charge in [0.25, 0.3) is 5.91 Å². The smallest absolute Gasteiger partial charge is 0.256 e. The number of ether oxygens (including phenoxy) is 2. The van der Waals surface area contributed by atoms with Crippen molar-refractivity contribution in [1.82, 2.24) is 0 Å². The normalized spacial score (nSPS) is 22.9. The van der Waals surface area contributed by atoms with E-state index in [1.165, 1.54) is 17.8 Å². The molecule has 1 saturated heterocycles. The van der Waals surface area contributed by atoms with Gasteiger partial charge >= 0.3 is 0 Å². The van der Waals surface area contributed by atoms with E-state index in [0.717, 1.165) is 36.2 Å². The minimum atomic E-state index is -0.521. The number of hydrogen-bond acceptors (Lipinski definition) is 4. The number of amides is 1. The lowest BCUT2D eigenvalue weighted by molar-refractivity contribution is -0.188. The van der Waals surface area contributed by atoms with Gasteiger partial charge in [-0.05, 0) is 39.7 Å². The van der Waals surface area contributed by atoms with Crippen LogP contribution in [0.1, 0.15) is 57.8 Å². The number of carbonyl (C=O) groups excluding carboxylic acids is 1. The fourth-order valence-electron chi connectivity index (χ4n) is 2.98. The Hall–Kier alpha value is -1.35. The van der Waals surface area contributed by atoms with Crippen LogP contribution in [-0.2, 0) is 14.3 Å². The van der Waals surface area contributed by atoms with Gasteiger partial charge in [-0.2, -0.15) is 0 Å². The Bertz CT molecular complexity index is 656. The summed E-state index contributed by atoms with van der Waals surface area (Å²) in [5.41, 5.74) is 0.743. The number of carbonyl (C=O) groups is 1. The van der Waals surface area contributed by atoms with Gasteiger partial charge in [0.1, 0.15) is 0 Å². The Morgan fingerprint density at radius 3 is 2.79 bits per heavy atom. The zero-order valence-corrected chi connectivity index (χ0v) is 15.4. The molecule has 0 radical (unpaired) electrons. The highest BCUT2D eigenvalue weighted by atomic mass is 32.1. The van der Waals surface area contributed by atoms with Crippen LogP contribution in [-0.4, -0.2) is 24.4 Å². The van der Waals surface area contributed by atoms with Crippen LogP contribution in [0.2, 0.25) is 0 Å². The van der Waals surface area contributed by atoms with E-state index in [4.69, 9.17) is 9.47 Å². The first kappa shape index (κ1) is 17.5. The second-order valence-corrected chi connectivity index (χ2v) is 8.49. The van der Waals surface area contributed by atoms with E-state index in [0.29, 0.717) is 6.61 Å². The van der Waals surface area contributed by atoms with Gasteiger partial charge in [0, 0.05) is 23.6 Å². The van der Waals surface area contributed by atoms with Gasteiger partial charge in [-0.25, -0.2) is 0 Å². The molecular weight excluding hydrogens is 322 g/mol. The molecule has 1 unspecified atom stereocenters. The molecule has 1 aliphatic carbocycles. The van der Waals surface area contributed by atoms with Crippen molar-refractivity contribution in [3.8, 4) is 11.8 Å². The summed E-state index contributed by atoms with van der Waals surface area (Å²) in [7, 11) is 0. The summed E-state index contributed by atoms with van der Waals surface area (Å²) >= 11 is 1.54. The van der Waals surface area contributed by atoms with Gasteiger partial charge in [0.15, 0.2) is 11.9 Å². The molecule has 1 aromatic rings. The maximum absolute atomic E-state index is 12.4. The first-order valence-corrected chi connectivity index (χ1v) is 9.48. The maximum atomic E-state index is 12.4. The van der Waals surface area contributed by atoms with Crippen molar-refractivity contribution in [2.75, 3.05) is 11.9 Å². The van der Waals surface area contributed by atoms with Gasteiger partial charge < -0.3 is 14.8 Å². The van der Waals surface area contributed by atoms with Crippen LogP contribution >= 0.6 is 11.3 Å². The van der Waals surface area contributed by atoms with Gasteiger partial charge in [-0.15, -0.1) is 11.3 Å². The van der Waals surface area contributed by atoms with E-state index in [9.17, 15) is 4.79 Å². The van der Waals surface area contributed by atoms with Gasteiger partial charge in [-0.1, -0.05) is 18.3 Å². The standard InChI is InChI=1S/C19H25NO3S/c1-18(2,3)10-7-15-11-14(13-24-15)20-17(21)16-12-22-19(23-16)8-5-4-6-9-19/h11,13,16H,4-6,8-9,12H2,1-3H3,(H,20,21). The maximum Gasteiger partial charge on any atom is 0.256 e. The van der Waals surface area contributed by atoms with Crippen molar-refractivity contribution < 1.29 is 14.3 Å². The van der Waals surface area contributed by atoms with E-state index in [1.54, 1.807) is 0 Å². The molecule has 1 N–H and O–H groups in total. The Kier molecular flexibility index (Phi) is 5.00. The monoisotopic (exact) mass is 347 g/mol. The fraction of sp³-hybridized carbons (Fsp3) is 0.632. The molecule has 1 atom stereocenters. The minimum Gasteiger partial charge on any atom is -0.347 e. The summed E-state index contributed by atoms with van der Waals surface area (Å²) < 4.78 is 11.8. The van der Waals surface area contributed by atoms with Crippen molar-refractivity contribution in [3.63, 3.8) is 0 Å². The Labute approximate surface area is 147 Å². The quantitative estimate of drug-likeness (QED) is 0.817. The molecule has 3 rings (SSSR count). The van der Waals surface area contributed by atoms with Crippen molar-refractivity contribution in [3.05, 3.63) is 16.3 Å². The average Bonchev–Trinajstić information content (AvgIpc) is 3.13. The summed E-state index contributed by atoms with van der Waals surface area (Å²) in [6.45, 7) is 6.57. The summed E-state index contributed by atoms with van der Waals surface area (Å²) in [4.78, 5) is 13.4. The molecule has 5 heteroatoms. The zero-order valence-electron chi connectivity index (χ0n) is 14.6. The van der Waals surface area contributed by atoms with Gasteiger partial charge in [-0.3, -0.25) is 4.79 Å². The average molecular weight is 347 g/mol. The Morgan fingerprint density at radius 1 is 1.33 bits per heavy atom. The van der Waals surface area contributed by atoms with Crippen LogP contribution in [0.3, 0.4) is 0 Å². The van der Waals surface area contributed by atoms with Crippen molar-refractivity contribution in [2.24, 2.45) is 5.41 Å². The molecule has 4 nitrogen and oxygen atoms in total. The topological polar surface area (TPSA) is 47.6 Å². The second kappa shape index (κ2) is 6.87. The van der Waals surface area contributed by atoms with Crippen LogP contribution in [0.4, 0.5) is 5.69 Å². The molecule has 0 bridgehead atoms. The van der Waals surface area contributed by atoms with E-state index in [1.807, 2.05) is 11.4 Å². The highest BCUT2D eigenvalue weighted by Crippen LogP contribution is 2.38. The number of thiophene rings is 1. The lowest BCUT2D eigenvalue weighted by Crippen LogP contribution is -2.36. The molecule has 1 amide bonds. The Balaban J connectivity index is 1.57. The molecule has 2 aliphatic rings. The third-order valence-electron chi connectivity index (χ3n) is 4.19. The molecule has 1 spiro atoms. The summed E-state index contributed by atoms with van der Waals surface area (Å²) in [5, 5.41) is 4.84. The van der Waals surface area contributed by atoms with E-state index in [2.05, 4.69) is 37.9 Å². The van der Waals surface area contributed by atoms with Crippen molar-refractivity contribution in [1.29, 1.82) is 0 Å². The molecule has 1 saturated carbocycles. The molecule has 24 heavy (non-hydrogen) atoms. The Morgan fingerprint density at radius 2 is 2.08 bits per heavy atom. The first-order chi connectivity index (χ1) is 11.4. The summed E-state index contributed by atoms with van der Waals surface area (Å²) in [6, 6.07) is 1.91. The number of anilines is 1. The second-order valence-electron chi connectivity index (χ2n) is 7.58. The SMILES string of the molecule is CC(C)(C)C#Cc1cc(NC(=O)C2COC3(CCCCC3)O2)cs1. The van der Waals surface area contributed by atoms with Gasteiger partial charge in [0.05, 0.1) is 17.2 Å². The van der Waals surface area contributed by atoms with E-state index in [-0.39, 0.29) is 11.3 Å². The highest BCUT2D eigenvalue weighted by Gasteiger charge is 2.44. The summed E-state index contributed by atoms with van der Waals surface area (Å²) in [6.07, 6.45) is 4.69. The lowest BCUT2D eigenvalue weighted by atomic mass is 9.94. The van der Waals surface area contributed by atoms with E-state index >= 15 is 0 Å². The molecule has 1 aromatic heterocycles. The molecule has 130 valence electrons. The van der Waals surface area contributed by atoms with Crippen LogP contribution < -0.4 is 5.32 Å². The molecule has 0 aromatic carbocycles. The van der Waals surface area contributed by atoms with Gasteiger partial charge in [0.2, 0.25) is 0 Å². The molecule has 1 aliphatic heterocycles. The zero-order chi connectivity index (χ0) is 17.2. The van der Waals surface area contributed by atoms with Crippen molar-refractivity contribution in [2.45, 2.75) is 64.8 Å². The van der Waals surface area contributed by atoms with Crippen LogP contribution in [0.25, 0.3) is 0 Å². The largest absolute Gasteiger partial charge is 0.347 e. The van der Waals surface area contributed by atoms with Crippen LogP contribution in [0.15, 0.2) is 11.4 Å².